The van der Waals surface area contributed by atoms with Gasteiger partial charge in [0.2, 0.25) is 0 Å². The molecule has 1 unspecified atom stereocenters. The molecule has 0 radical (unpaired) electrons. The van der Waals surface area contributed by atoms with E-state index in [2.05, 4.69) is 9.17 Å². The van der Waals surface area contributed by atoms with Crippen LogP contribution in [0.25, 0.3) is 0 Å². The van der Waals surface area contributed by atoms with E-state index in [9.17, 15) is 8.76 Å². The summed E-state index contributed by atoms with van der Waals surface area (Å²) >= 11 is 10.7. The van der Waals surface area contributed by atoms with Gasteiger partial charge in [0.05, 0.1) is 16.4 Å². The number of anilines is 1. The summed E-state index contributed by atoms with van der Waals surface area (Å²) in [6.45, 7) is 2.08. The minimum atomic E-state index is -2.85. The Balaban J connectivity index is 2.14. The molecule has 0 N–H and O–H groups in total. The second kappa shape index (κ2) is 9.03. The van der Waals surface area contributed by atoms with Crippen LogP contribution in [0.4, 0.5) is 5.82 Å². The zero-order valence-electron chi connectivity index (χ0n) is 12.7. The lowest BCUT2D eigenvalue weighted by Crippen LogP contribution is -2.43. The van der Waals surface area contributed by atoms with Gasteiger partial charge < -0.3 is 9.45 Å². The molecule has 1 aromatic carbocycles. The molecular formula is C15H15Cl2N2O3S2-. The molecule has 1 atom stereocenters. The van der Waals surface area contributed by atoms with Crippen LogP contribution in [-0.4, -0.2) is 24.9 Å². The maximum Gasteiger partial charge on any atom is 0.313 e. The number of thioether (sulfide) groups is 1. The van der Waals surface area contributed by atoms with E-state index in [4.69, 9.17) is 23.2 Å². The van der Waals surface area contributed by atoms with Crippen molar-refractivity contribution in [2.45, 2.75) is 22.3 Å². The summed E-state index contributed by atoms with van der Waals surface area (Å²) in [5, 5.41) is 0.766. The number of benzene rings is 1. The van der Waals surface area contributed by atoms with Crippen molar-refractivity contribution >= 4 is 52.1 Å². The summed E-state index contributed by atoms with van der Waals surface area (Å²) in [5.41, 5.74) is 1.18. The van der Waals surface area contributed by atoms with Crippen LogP contribution in [0, 0.1) is 0 Å². The smallest absolute Gasteiger partial charge is 0.313 e. The van der Waals surface area contributed by atoms with Crippen molar-refractivity contribution in [1.29, 1.82) is 0 Å². The molecule has 0 saturated heterocycles. The molecule has 0 spiro atoms. The van der Waals surface area contributed by atoms with Gasteiger partial charge in [-0.05, 0) is 47.8 Å². The topological polar surface area (TPSA) is 65.5 Å². The van der Waals surface area contributed by atoms with E-state index in [1.165, 1.54) is 10.5 Å². The summed E-state index contributed by atoms with van der Waals surface area (Å²) in [4.78, 5) is 5.82. The standard InChI is InChI=1S/C15H16Cl2N2O3S2/c1-2-19(15(16,17)22-24(20)21)13-9-6-10-14(18-13)23-11-12-7-4-3-5-8-12/h3-10H,2,11H2,1H3,(H,20,21)/p-1. The van der Waals surface area contributed by atoms with Crippen LogP contribution in [0.15, 0.2) is 53.6 Å². The number of halogens is 2. The van der Waals surface area contributed by atoms with Crippen molar-refractivity contribution < 1.29 is 12.9 Å². The van der Waals surface area contributed by atoms with Crippen LogP contribution in [-0.2, 0) is 21.3 Å². The van der Waals surface area contributed by atoms with Crippen LogP contribution < -0.4 is 4.90 Å². The van der Waals surface area contributed by atoms with E-state index in [0.717, 1.165) is 10.8 Å². The third-order valence-electron chi connectivity index (χ3n) is 3.01. The van der Waals surface area contributed by atoms with Crippen molar-refractivity contribution in [1.82, 2.24) is 4.98 Å². The molecule has 1 aromatic heterocycles. The SMILES string of the molecule is CCN(c1cccc(SCc2ccccc2)n1)C(Cl)(Cl)OS(=O)[O-]. The molecule has 2 aromatic rings. The van der Waals surface area contributed by atoms with Gasteiger partial charge in [0.15, 0.2) is 0 Å². The second-order valence-corrected chi connectivity index (χ2v) is 7.41. The van der Waals surface area contributed by atoms with Gasteiger partial charge in [-0.1, -0.05) is 36.4 Å². The summed E-state index contributed by atoms with van der Waals surface area (Å²) in [6.07, 6.45) is 0. The normalized spacial score (nSPS) is 12.8. The van der Waals surface area contributed by atoms with Gasteiger partial charge in [0.25, 0.3) is 0 Å². The first-order chi connectivity index (χ1) is 11.4. The minimum absolute atomic E-state index is 0.310. The van der Waals surface area contributed by atoms with Crippen molar-refractivity contribution in [3.05, 3.63) is 54.1 Å². The molecule has 9 heteroatoms. The Morgan fingerprint density at radius 1 is 1.25 bits per heavy atom. The van der Waals surface area contributed by atoms with Gasteiger partial charge in [0, 0.05) is 12.3 Å². The monoisotopic (exact) mass is 405 g/mol. The van der Waals surface area contributed by atoms with E-state index in [1.807, 2.05) is 36.4 Å². The third kappa shape index (κ3) is 5.61. The molecule has 0 saturated carbocycles. The Bertz CT molecular complexity index is 689. The Hall–Kier alpha value is -0.830. The van der Waals surface area contributed by atoms with E-state index in [0.29, 0.717) is 12.4 Å². The fourth-order valence-electron chi connectivity index (χ4n) is 1.97. The lowest BCUT2D eigenvalue weighted by molar-refractivity contribution is 0.230. The number of rotatable bonds is 8. The minimum Gasteiger partial charge on any atom is -0.750 e. The third-order valence-corrected chi connectivity index (χ3v) is 5.14. The number of aromatic nitrogens is 1. The Labute approximate surface area is 157 Å². The van der Waals surface area contributed by atoms with E-state index >= 15 is 0 Å². The van der Waals surface area contributed by atoms with Gasteiger partial charge in [0.1, 0.15) is 5.82 Å². The molecule has 24 heavy (non-hydrogen) atoms. The summed E-state index contributed by atoms with van der Waals surface area (Å²) in [5.74, 6) is 1.18. The highest BCUT2D eigenvalue weighted by Crippen LogP contribution is 2.33. The predicted molar refractivity (Wildman–Crippen MR) is 97.7 cm³/mol. The highest BCUT2D eigenvalue weighted by molar-refractivity contribution is 7.98. The van der Waals surface area contributed by atoms with E-state index in [-0.39, 0.29) is 0 Å². The molecule has 2 rings (SSSR count). The van der Waals surface area contributed by atoms with Gasteiger partial charge in [-0.3, -0.25) is 0 Å². The van der Waals surface area contributed by atoms with E-state index < -0.39 is 16.0 Å². The summed E-state index contributed by atoms with van der Waals surface area (Å²) in [7, 11) is 0. The average Bonchev–Trinajstić information content (AvgIpc) is 2.53. The zero-order valence-corrected chi connectivity index (χ0v) is 15.9. The van der Waals surface area contributed by atoms with Crippen LogP contribution in [0.3, 0.4) is 0 Å². The average molecular weight is 406 g/mol. The highest BCUT2D eigenvalue weighted by atomic mass is 35.5. The number of alkyl halides is 2. The molecule has 0 amide bonds. The van der Waals surface area contributed by atoms with Crippen LogP contribution in [0.5, 0.6) is 0 Å². The van der Waals surface area contributed by atoms with Crippen molar-refractivity contribution in [2.24, 2.45) is 0 Å². The van der Waals surface area contributed by atoms with Gasteiger partial charge >= 0.3 is 4.64 Å². The summed E-state index contributed by atoms with van der Waals surface area (Å²) < 4.78 is 24.0. The second-order valence-electron chi connectivity index (χ2n) is 4.63. The highest BCUT2D eigenvalue weighted by Gasteiger charge is 2.34. The number of hydrogen-bond donors (Lipinski definition) is 0. The van der Waals surface area contributed by atoms with Gasteiger partial charge in [-0.25, -0.2) is 13.4 Å². The maximum absolute atomic E-state index is 10.8. The molecule has 0 aliphatic rings. The first-order valence-electron chi connectivity index (χ1n) is 7.00. The maximum atomic E-state index is 10.8. The van der Waals surface area contributed by atoms with Crippen molar-refractivity contribution in [2.75, 3.05) is 11.4 Å². The molecule has 130 valence electrons. The fraction of sp³-hybridized carbons (Fsp3) is 0.267. The van der Waals surface area contributed by atoms with Crippen LogP contribution >= 0.6 is 35.0 Å². The lowest BCUT2D eigenvalue weighted by atomic mass is 10.2. The Kier molecular flexibility index (Phi) is 7.34. The molecule has 0 fully saturated rings. The molecule has 0 aliphatic carbocycles. The first-order valence-corrected chi connectivity index (χ1v) is 9.74. The Morgan fingerprint density at radius 3 is 2.58 bits per heavy atom. The number of pyridine rings is 1. The van der Waals surface area contributed by atoms with Gasteiger partial charge in [-0.15, -0.1) is 11.8 Å². The van der Waals surface area contributed by atoms with Gasteiger partial charge in [-0.2, -0.15) is 0 Å². The molecular weight excluding hydrogens is 391 g/mol. The van der Waals surface area contributed by atoms with Crippen LogP contribution in [0.1, 0.15) is 12.5 Å². The lowest BCUT2D eigenvalue weighted by Gasteiger charge is -2.33. The first kappa shape index (κ1) is 19.5. The van der Waals surface area contributed by atoms with Crippen LogP contribution in [0.2, 0.25) is 0 Å². The largest absolute Gasteiger partial charge is 0.750 e. The predicted octanol–water partition coefficient (Wildman–Crippen LogP) is 4.10. The molecule has 1 heterocycles. The number of hydrogen-bond acceptors (Lipinski definition) is 6. The summed E-state index contributed by atoms with van der Waals surface area (Å²) in [6, 6.07) is 15.4. The Morgan fingerprint density at radius 2 is 1.96 bits per heavy atom. The number of nitrogens with zero attached hydrogens (tertiary/aromatic N) is 2. The molecule has 0 aliphatic heterocycles. The molecule has 0 bridgehead atoms. The quantitative estimate of drug-likeness (QED) is 0.216. The van der Waals surface area contributed by atoms with Crippen molar-refractivity contribution in [3.8, 4) is 0 Å². The van der Waals surface area contributed by atoms with E-state index in [1.54, 1.807) is 30.8 Å². The fourth-order valence-corrected chi connectivity index (χ4v) is 3.79. The van der Waals surface area contributed by atoms with Crippen molar-refractivity contribution in [3.63, 3.8) is 0 Å². The zero-order chi connectivity index (χ0) is 17.6. The molecule has 5 nitrogen and oxygen atoms in total.